The highest BCUT2D eigenvalue weighted by Crippen LogP contribution is 2.29. The van der Waals surface area contributed by atoms with E-state index in [-0.39, 0.29) is 11.7 Å². The Morgan fingerprint density at radius 2 is 1.90 bits per heavy atom. The summed E-state index contributed by atoms with van der Waals surface area (Å²) in [6.45, 7) is 2.96. The summed E-state index contributed by atoms with van der Waals surface area (Å²) < 4.78 is 24.4. The average Bonchev–Trinajstić information content (AvgIpc) is 3.33. The number of nitrogens with zero attached hydrogens (tertiary/aromatic N) is 1. The lowest BCUT2D eigenvalue weighted by atomic mass is 9.93. The van der Waals surface area contributed by atoms with Crippen LogP contribution < -0.4 is 15.0 Å². The van der Waals surface area contributed by atoms with Crippen LogP contribution in [0.15, 0.2) is 71.3 Å². The number of ether oxygens (including phenoxy) is 1. The van der Waals surface area contributed by atoms with E-state index in [1.54, 1.807) is 13.4 Å². The van der Waals surface area contributed by atoms with E-state index in [0.29, 0.717) is 6.04 Å². The third-order valence-electron chi connectivity index (χ3n) is 5.94. The van der Waals surface area contributed by atoms with E-state index in [1.165, 1.54) is 17.8 Å². The van der Waals surface area contributed by atoms with Crippen LogP contribution in [0.1, 0.15) is 36.5 Å². The summed E-state index contributed by atoms with van der Waals surface area (Å²) in [4.78, 5) is 2.42. The van der Waals surface area contributed by atoms with Crippen molar-refractivity contribution in [1.29, 1.82) is 0 Å². The van der Waals surface area contributed by atoms with E-state index in [9.17, 15) is 4.39 Å². The molecule has 0 amide bonds. The first-order valence-electron chi connectivity index (χ1n) is 10.6. The predicted molar refractivity (Wildman–Crippen MR) is 118 cm³/mol. The predicted octanol–water partition coefficient (Wildman–Crippen LogP) is 5.21. The van der Waals surface area contributed by atoms with Gasteiger partial charge in [0.25, 0.3) is 0 Å². The summed E-state index contributed by atoms with van der Waals surface area (Å²) in [6.07, 6.45) is 4.83. The number of nitrogens with one attached hydrogen (secondary N) is 1. The topological polar surface area (TPSA) is 37.6 Å². The zero-order valence-electron chi connectivity index (χ0n) is 17.4. The number of benzene rings is 2. The van der Waals surface area contributed by atoms with Gasteiger partial charge in [-0.15, -0.1) is 0 Å². The molecule has 2 heterocycles. The lowest BCUT2D eigenvalue weighted by Crippen LogP contribution is -2.43. The molecule has 0 saturated carbocycles. The van der Waals surface area contributed by atoms with Crippen molar-refractivity contribution in [2.45, 2.75) is 31.2 Å². The van der Waals surface area contributed by atoms with Gasteiger partial charge in [0.2, 0.25) is 0 Å². The van der Waals surface area contributed by atoms with E-state index in [0.717, 1.165) is 56.0 Å². The van der Waals surface area contributed by atoms with Gasteiger partial charge in [0.1, 0.15) is 17.3 Å². The molecule has 1 aliphatic heterocycles. The third kappa shape index (κ3) is 5.03. The number of hydrogen-bond donors (Lipinski definition) is 1. The maximum atomic E-state index is 13.3. The van der Waals surface area contributed by atoms with Crippen molar-refractivity contribution < 1.29 is 13.5 Å². The SMILES string of the molecule is COc1cccc(N2CCC(NCCC(c3ccc(F)cc3)c3ccco3)CC2)c1. The Kier molecular flexibility index (Phi) is 6.70. The lowest BCUT2D eigenvalue weighted by Gasteiger charge is -2.34. The summed E-state index contributed by atoms with van der Waals surface area (Å²) in [5.74, 6) is 1.75. The molecule has 0 spiro atoms. The smallest absolute Gasteiger partial charge is 0.123 e. The molecule has 0 radical (unpaired) electrons. The Morgan fingerprint density at radius 3 is 2.60 bits per heavy atom. The molecule has 30 heavy (non-hydrogen) atoms. The monoisotopic (exact) mass is 408 g/mol. The number of anilines is 1. The number of hydrogen-bond acceptors (Lipinski definition) is 4. The average molecular weight is 409 g/mol. The van der Waals surface area contributed by atoms with E-state index < -0.39 is 0 Å². The minimum absolute atomic E-state index is 0.130. The van der Waals surface area contributed by atoms with Crippen LogP contribution in [0.25, 0.3) is 0 Å². The fraction of sp³-hybridized carbons (Fsp3) is 0.360. The number of methoxy groups -OCH3 is 1. The Hall–Kier alpha value is -2.79. The standard InChI is InChI=1S/C25H29FN2O2/c1-29-23-5-2-4-22(18-23)28-15-12-21(13-16-28)27-14-11-24(25-6-3-17-30-25)19-7-9-20(26)10-8-19/h2-10,17-18,21,24,27H,11-16H2,1H3. The van der Waals surface area contributed by atoms with Crippen molar-refractivity contribution in [3.8, 4) is 5.75 Å². The maximum Gasteiger partial charge on any atom is 0.123 e. The summed E-state index contributed by atoms with van der Waals surface area (Å²) in [5.41, 5.74) is 2.31. The molecule has 5 heteroatoms. The van der Waals surface area contributed by atoms with Crippen molar-refractivity contribution >= 4 is 5.69 Å². The number of piperidine rings is 1. The molecule has 0 aliphatic carbocycles. The van der Waals surface area contributed by atoms with Crippen molar-refractivity contribution in [2.75, 3.05) is 31.6 Å². The molecule has 2 aromatic carbocycles. The second-order valence-electron chi connectivity index (χ2n) is 7.83. The van der Waals surface area contributed by atoms with Crippen molar-refractivity contribution in [1.82, 2.24) is 5.32 Å². The van der Waals surface area contributed by atoms with E-state index in [1.807, 2.05) is 36.4 Å². The minimum atomic E-state index is -0.210. The van der Waals surface area contributed by atoms with Gasteiger partial charge in [-0.3, -0.25) is 0 Å². The van der Waals surface area contributed by atoms with Gasteiger partial charge in [-0.25, -0.2) is 4.39 Å². The first-order chi connectivity index (χ1) is 14.7. The van der Waals surface area contributed by atoms with Gasteiger partial charge in [0, 0.05) is 36.8 Å². The molecule has 158 valence electrons. The second-order valence-corrected chi connectivity index (χ2v) is 7.83. The number of halogens is 1. The van der Waals surface area contributed by atoms with E-state index in [2.05, 4.69) is 22.3 Å². The van der Waals surface area contributed by atoms with Crippen LogP contribution in [0.3, 0.4) is 0 Å². The molecule has 1 saturated heterocycles. The first-order valence-corrected chi connectivity index (χ1v) is 10.6. The molecule has 1 atom stereocenters. The molecule has 3 aromatic rings. The van der Waals surface area contributed by atoms with Gasteiger partial charge in [-0.2, -0.15) is 0 Å². The van der Waals surface area contributed by atoms with E-state index in [4.69, 9.17) is 9.15 Å². The molecule has 4 nitrogen and oxygen atoms in total. The quantitative estimate of drug-likeness (QED) is 0.555. The van der Waals surface area contributed by atoms with Crippen LogP contribution in [0.5, 0.6) is 5.75 Å². The molecule has 1 aromatic heterocycles. The van der Waals surface area contributed by atoms with Crippen molar-refractivity contribution in [3.63, 3.8) is 0 Å². The molecule has 1 N–H and O–H groups in total. The highest BCUT2D eigenvalue weighted by atomic mass is 19.1. The Morgan fingerprint density at radius 1 is 1.10 bits per heavy atom. The van der Waals surface area contributed by atoms with Gasteiger partial charge in [0.05, 0.1) is 13.4 Å². The highest BCUT2D eigenvalue weighted by Gasteiger charge is 2.21. The summed E-state index contributed by atoms with van der Waals surface area (Å²) in [6, 6.07) is 19.4. The Bertz CT molecular complexity index is 903. The molecule has 1 fully saturated rings. The fourth-order valence-electron chi connectivity index (χ4n) is 4.24. The maximum absolute atomic E-state index is 13.3. The number of rotatable bonds is 8. The molecular formula is C25H29FN2O2. The summed E-state index contributed by atoms with van der Waals surface area (Å²) in [7, 11) is 1.71. The van der Waals surface area contributed by atoms with Crippen molar-refractivity contribution in [2.24, 2.45) is 0 Å². The van der Waals surface area contributed by atoms with E-state index >= 15 is 0 Å². The van der Waals surface area contributed by atoms with Crippen LogP contribution in [0, 0.1) is 5.82 Å². The summed E-state index contributed by atoms with van der Waals surface area (Å²) >= 11 is 0. The highest BCUT2D eigenvalue weighted by molar-refractivity contribution is 5.51. The van der Waals surface area contributed by atoms with Crippen molar-refractivity contribution in [3.05, 3.63) is 84.1 Å². The van der Waals surface area contributed by atoms with Gasteiger partial charge in [-0.05, 0) is 67.8 Å². The van der Waals surface area contributed by atoms with Crippen LogP contribution >= 0.6 is 0 Å². The zero-order chi connectivity index (χ0) is 20.8. The van der Waals surface area contributed by atoms with Gasteiger partial charge in [-0.1, -0.05) is 18.2 Å². The second kappa shape index (κ2) is 9.81. The Labute approximate surface area is 177 Å². The molecule has 0 bridgehead atoms. The fourth-order valence-corrected chi connectivity index (χ4v) is 4.24. The van der Waals surface area contributed by atoms with Crippen LogP contribution in [-0.2, 0) is 0 Å². The molecular weight excluding hydrogens is 379 g/mol. The van der Waals surface area contributed by atoms with Gasteiger partial charge in [0.15, 0.2) is 0 Å². The van der Waals surface area contributed by atoms with Gasteiger partial charge >= 0.3 is 0 Å². The molecule has 4 rings (SSSR count). The molecule has 1 unspecified atom stereocenters. The summed E-state index contributed by atoms with van der Waals surface area (Å²) in [5, 5.41) is 3.72. The number of furan rings is 1. The Balaban J connectivity index is 1.29. The van der Waals surface area contributed by atoms with Crippen LogP contribution in [-0.4, -0.2) is 32.8 Å². The normalized spacial score (nSPS) is 15.9. The first kappa shape index (κ1) is 20.5. The van der Waals surface area contributed by atoms with Crippen LogP contribution in [0.2, 0.25) is 0 Å². The zero-order valence-corrected chi connectivity index (χ0v) is 17.4. The minimum Gasteiger partial charge on any atom is -0.497 e. The third-order valence-corrected chi connectivity index (χ3v) is 5.94. The largest absolute Gasteiger partial charge is 0.497 e. The van der Waals surface area contributed by atoms with Gasteiger partial charge < -0.3 is 19.4 Å². The molecule has 1 aliphatic rings. The lowest BCUT2D eigenvalue weighted by molar-refractivity contribution is 0.398. The van der Waals surface area contributed by atoms with Crippen LogP contribution in [0.4, 0.5) is 10.1 Å².